The van der Waals surface area contributed by atoms with E-state index in [9.17, 15) is 9.18 Å². The number of amides is 1. The molecule has 0 saturated heterocycles. The van der Waals surface area contributed by atoms with Crippen molar-refractivity contribution in [2.75, 3.05) is 5.32 Å². The molecule has 7 heteroatoms. The minimum absolute atomic E-state index is 0.279. The molecular weight excluding hydrogens is 393 g/mol. The van der Waals surface area contributed by atoms with Gasteiger partial charge in [0.2, 0.25) is 5.91 Å². The van der Waals surface area contributed by atoms with Gasteiger partial charge in [-0.15, -0.1) is 11.3 Å². The fourth-order valence-electron chi connectivity index (χ4n) is 3.21. The largest absolute Gasteiger partial charge is 0.302 e. The fourth-order valence-corrected chi connectivity index (χ4v) is 4.75. The molecule has 2 heterocycles. The van der Waals surface area contributed by atoms with Gasteiger partial charge < -0.3 is 5.32 Å². The van der Waals surface area contributed by atoms with Crippen LogP contribution < -0.4 is 5.32 Å². The molecule has 2 aromatic heterocycles. The third-order valence-electron chi connectivity index (χ3n) is 4.90. The highest BCUT2D eigenvalue weighted by Gasteiger charge is 2.43. The summed E-state index contributed by atoms with van der Waals surface area (Å²) in [5.41, 5.74) is 5.34. The lowest BCUT2D eigenvalue weighted by Crippen LogP contribution is -2.14. The third-order valence-corrected chi connectivity index (χ3v) is 6.65. The molecule has 1 N–H and O–H groups in total. The number of hydrogen-bond donors (Lipinski definition) is 1. The zero-order valence-corrected chi connectivity index (χ0v) is 16.6. The maximum Gasteiger partial charge on any atom is 0.232 e. The van der Waals surface area contributed by atoms with Gasteiger partial charge in [0.05, 0.1) is 16.1 Å². The molecule has 1 saturated carbocycles. The van der Waals surface area contributed by atoms with E-state index >= 15 is 0 Å². The summed E-state index contributed by atoms with van der Waals surface area (Å²) in [6, 6.07) is 12.4. The van der Waals surface area contributed by atoms with Crippen molar-refractivity contribution in [2.24, 2.45) is 5.92 Å². The number of aryl methyl sites for hydroxylation is 1. The number of aromatic nitrogens is 2. The van der Waals surface area contributed by atoms with Crippen molar-refractivity contribution in [2.45, 2.75) is 19.5 Å². The van der Waals surface area contributed by atoms with Crippen LogP contribution in [0.2, 0.25) is 0 Å². The van der Waals surface area contributed by atoms with Crippen LogP contribution in [0.15, 0.2) is 48.0 Å². The summed E-state index contributed by atoms with van der Waals surface area (Å²) >= 11 is 3.03. The number of nitrogens with one attached hydrogen (secondary N) is 1. The minimum atomic E-state index is -1.01. The molecule has 4 aromatic rings. The van der Waals surface area contributed by atoms with E-state index in [0.717, 1.165) is 31.9 Å². The molecule has 0 bridgehead atoms. The van der Waals surface area contributed by atoms with Gasteiger partial charge in [-0.3, -0.25) is 4.79 Å². The van der Waals surface area contributed by atoms with Crippen molar-refractivity contribution in [1.29, 1.82) is 0 Å². The molecule has 4 nitrogen and oxygen atoms in total. The Morgan fingerprint density at radius 3 is 2.79 bits per heavy atom. The van der Waals surface area contributed by atoms with Crippen molar-refractivity contribution in [3.8, 4) is 21.7 Å². The number of halogens is 1. The highest BCUT2D eigenvalue weighted by Crippen LogP contribution is 2.37. The van der Waals surface area contributed by atoms with Gasteiger partial charge in [0, 0.05) is 17.1 Å². The average molecular weight is 410 g/mol. The molecule has 0 radical (unpaired) electrons. The third kappa shape index (κ3) is 3.21. The minimum Gasteiger partial charge on any atom is -0.302 e. The number of nitrogens with zero attached hydrogens (tertiary/aromatic N) is 2. The Kier molecular flexibility index (Phi) is 4.21. The van der Waals surface area contributed by atoms with Gasteiger partial charge >= 0.3 is 0 Å². The molecule has 140 valence electrons. The number of fused-ring (bicyclic) bond motifs is 1. The normalized spacial score (nSPS) is 18.4. The maximum absolute atomic E-state index is 13.1. The first-order chi connectivity index (χ1) is 13.6. The molecule has 0 spiro atoms. The molecule has 2 atom stereocenters. The standard InChI is InChI=1S/C21H16FN3OS2/c1-11-2-3-13(20-23-6-7-27-20)8-14(11)12-4-5-17-18(9-12)28-21(24-17)25-19(26)15-10-16(15)22/h2-9,15-16H,10H2,1H3,(H,24,25,26)/t15-,16+/m1/s1. The number of benzene rings is 2. The summed E-state index contributed by atoms with van der Waals surface area (Å²) in [6.45, 7) is 2.09. The number of alkyl halides is 1. The first kappa shape index (κ1) is 17.5. The molecule has 1 amide bonds. The van der Waals surface area contributed by atoms with Crippen molar-refractivity contribution >= 4 is 43.9 Å². The van der Waals surface area contributed by atoms with E-state index in [-0.39, 0.29) is 5.91 Å². The lowest BCUT2D eigenvalue weighted by molar-refractivity contribution is -0.117. The van der Waals surface area contributed by atoms with Crippen LogP contribution in [0.25, 0.3) is 31.9 Å². The van der Waals surface area contributed by atoms with E-state index in [1.807, 2.05) is 23.7 Å². The molecule has 28 heavy (non-hydrogen) atoms. The van der Waals surface area contributed by atoms with Crippen molar-refractivity contribution < 1.29 is 9.18 Å². The lowest BCUT2D eigenvalue weighted by atomic mass is 9.98. The van der Waals surface area contributed by atoms with Gasteiger partial charge in [-0.05, 0) is 48.2 Å². The van der Waals surface area contributed by atoms with E-state index in [4.69, 9.17) is 0 Å². The number of anilines is 1. The molecule has 5 rings (SSSR count). The van der Waals surface area contributed by atoms with Crippen molar-refractivity contribution in [1.82, 2.24) is 9.97 Å². The number of carbonyl (C=O) groups excluding carboxylic acids is 1. The number of carbonyl (C=O) groups is 1. The zero-order chi connectivity index (χ0) is 19.3. The molecule has 1 aliphatic rings. The second-order valence-electron chi connectivity index (χ2n) is 6.92. The van der Waals surface area contributed by atoms with Crippen LogP contribution in [0.5, 0.6) is 0 Å². The summed E-state index contributed by atoms with van der Waals surface area (Å²) in [5, 5.41) is 6.23. The molecule has 0 unspecified atom stereocenters. The van der Waals surface area contributed by atoms with Gasteiger partial charge in [-0.2, -0.15) is 0 Å². The summed E-state index contributed by atoms with van der Waals surface area (Å²) in [5.74, 6) is -0.794. The smallest absolute Gasteiger partial charge is 0.232 e. The Hall–Kier alpha value is -2.64. The van der Waals surface area contributed by atoms with Crippen molar-refractivity contribution in [3.63, 3.8) is 0 Å². The van der Waals surface area contributed by atoms with Crippen LogP contribution in [0.1, 0.15) is 12.0 Å². The zero-order valence-electron chi connectivity index (χ0n) is 15.0. The first-order valence-electron chi connectivity index (χ1n) is 8.95. The van der Waals surface area contributed by atoms with Crippen LogP contribution in [-0.4, -0.2) is 22.0 Å². The number of rotatable bonds is 4. The Labute approximate surface area is 169 Å². The highest BCUT2D eigenvalue weighted by molar-refractivity contribution is 7.22. The summed E-state index contributed by atoms with van der Waals surface area (Å²) in [4.78, 5) is 20.8. The van der Waals surface area contributed by atoms with E-state index in [0.29, 0.717) is 11.6 Å². The Bertz CT molecular complexity index is 1190. The maximum atomic E-state index is 13.1. The van der Waals surface area contributed by atoms with Crippen LogP contribution >= 0.6 is 22.7 Å². The van der Waals surface area contributed by atoms with E-state index in [1.165, 1.54) is 16.9 Å². The van der Waals surface area contributed by atoms with Crippen molar-refractivity contribution in [3.05, 3.63) is 53.5 Å². The van der Waals surface area contributed by atoms with E-state index in [1.54, 1.807) is 11.3 Å². The molecule has 2 aromatic carbocycles. The molecule has 0 aliphatic heterocycles. The predicted molar refractivity (Wildman–Crippen MR) is 113 cm³/mol. The Morgan fingerprint density at radius 1 is 1.21 bits per heavy atom. The van der Waals surface area contributed by atoms with Crippen LogP contribution in [0.4, 0.5) is 9.52 Å². The average Bonchev–Trinajstić information content (AvgIpc) is 3.09. The van der Waals surface area contributed by atoms with E-state index < -0.39 is 12.1 Å². The SMILES string of the molecule is Cc1ccc(-c2nccs2)cc1-c1ccc2nc(NC(=O)[C@@H]3C[C@@H]3F)sc2c1. The first-order valence-corrected chi connectivity index (χ1v) is 10.6. The monoisotopic (exact) mass is 409 g/mol. The van der Waals surface area contributed by atoms with Gasteiger partial charge in [0.15, 0.2) is 5.13 Å². The molecule has 1 aliphatic carbocycles. The van der Waals surface area contributed by atoms with E-state index in [2.05, 4.69) is 46.5 Å². The quantitative estimate of drug-likeness (QED) is 0.471. The van der Waals surface area contributed by atoms with Gasteiger partial charge in [-0.1, -0.05) is 29.5 Å². The summed E-state index contributed by atoms with van der Waals surface area (Å²) < 4.78 is 14.1. The topological polar surface area (TPSA) is 54.9 Å². The highest BCUT2D eigenvalue weighted by atomic mass is 32.1. The summed E-state index contributed by atoms with van der Waals surface area (Å²) in [7, 11) is 0. The molecule has 1 fully saturated rings. The lowest BCUT2D eigenvalue weighted by Gasteiger charge is -2.08. The second-order valence-corrected chi connectivity index (χ2v) is 8.84. The van der Waals surface area contributed by atoms with Gasteiger partial charge in [0.25, 0.3) is 0 Å². The number of hydrogen-bond acceptors (Lipinski definition) is 5. The number of thiazole rings is 2. The Balaban J connectivity index is 1.48. The predicted octanol–water partition coefficient (Wildman–Crippen LogP) is 5.69. The molecular formula is C21H16FN3OS2. The van der Waals surface area contributed by atoms with Gasteiger partial charge in [-0.25, -0.2) is 14.4 Å². The fraction of sp³-hybridized carbons (Fsp3) is 0.190. The van der Waals surface area contributed by atoms with Crippen LogP contribution in [-0.2, 0) is 4.79 Å². The van der Waals surface area contributed by atoms with Crippen LogP contribution in [0.3, 0.4) is 0 Å². The second kappa shape index (κ2) is 6.76. The van der Waals surface area contributed by atoms with Gasteiger partial charge in [0.1, 0.15) is 11.2 Å². The Morgan fingerprint density at radius 2 is 2.04 bits per heavy atom. The summed E-state index contributed by atoms with van der Waals surface area (Å²) in [6.07, 6.45) is 1.12. The van der Waals surface area contributed by atoms with Crippen LogP contribution in [0, 0.1) is 12.8 Å².